The third-order valence-corrected chi connectivity index (χ3v) is 5.81. The SMILES string of the molecule is CC(C)CCC(CCC(C)C)OC(=O)C(C)(C(C)(C)C)C(C)(C)C. The molecule has 2 nitrogen and oxygen atoms in total. The Morgan fingerprint density at radius 2 is 1.04 bits per heavy atom. The molecular weight excluding hydrogens is 296 g/mol. The summed E-state index contributed by atoms with van der Waals surface area (Å²) in [6.07, 6.45) is 4.21. The lowest BCUT2D eigenvalue weighted by atomic mass is 9.55. The van der Waals surface area contributed by atoms with Crippen molar-refractivity contribution in [3.63, 3.8) is 0 Å². The summed E-state index contributed by atoms with van der Waals surface area (Å²) in [5.74, 6) is 1.25. The highest BCUT2D eigenvalue weighted by molar-refractivity contribution is 5.78. The number of hydrogen-bond acceptors (Lipinski definition) is 2. The van der Waals surface area contributed by atoms with Gasteiger partial charge in [-0.25, -0.2) is 0 Å². The molecule has 0 heterocycles. The number of ether oxygens (including phenoxy) is 1. The Hall–Kier alpha value is -0.530. The van der Waals surface area contributed by atoms with Crippen molar-refractivity contribution in [3.05, 3.63) is 0 Å². The predicted molar refractivity (Wildman–Crippen MR) is 105 cm³/mol. The van der Waals surface area contributed by atoms with Gasteiger partial charge in [0.2, 0.25) is 0 Å². The van der Waals surface area contributed by atoms with E-state index < -0.39 is 5.41 Å². The van der Waals surface area contributed by atoms with E-state index in [1.807, 2.05) is 0 Å². The van der Waals surface area contributed by atoms with Gasteiger partial charge in [-0.1, -0.05) is 69.2 Å². The van der Waals surface area contributed by atoms with Gasteiger partial charge < -0.3 is 4.74 Å². The molecule has 0 radical (unpaired) electrons. The lowest BCUT2D eigenvalue weighted by Gasteiger charge is -2.49. The summed E-state index contributed by atoms with van der Waals surface area (Å²) < 4.78 is 6.13. The minimum Gasteiger partial charge on any atom is -0.462 e. The maximum Gasteiger partial charge on any atom is 0.313 e. The lowest BCUT2D eigenvalue weighted by Crippen LogP contribution is -2.51. The van der Waals surface area contributed by atoms with Gasteiger partial charge in [0.05, 0.1) is 5.41 Å². The highest BCUT2D eigenvalue weighted by Gasteiger charge is 2.54. The van der Waals surface area contributed by atoms with Crippen LogP contribution in [0.1, 0.15) is 102 Å². The summed E-state index contributed by atoms with van der Waals surface area (Å²) in [7, 11) is 0. The molecule has 0 aromatic heterocycles. The molecule has 0 bridgehead atoms. The van der Waals surface area contributed by atoms with Gasteiger partial charge in [0.15, 0.2) is 0 Å². The minimum absolute atomic E-state index is 0.0278. The van der Waals surface area contributed by atoms with Crippen molar-refractivity contribution in [2.24, 2.45) is 28.1 Å². The first-order valence-corrected chi connectivity index (χ1v) is 9.84. The summed E-state index contributed by atoms with van der Waals surface area (Å²) in [4.78, 5) is 13.2. The fraction of sp³-hybridized carbons (Fsp3) is 0.955. The Morgan fingerprint density at radius 1 is 0.708 bits per heavy atom. The Bertz CT molecular complexity index is 354. The quantitative estimate of drug-likeness (QED) is 0.451. The summed E-state index contributed by atoms with van der Waals surface area (Å²) in [5.41, 5.74) is -0.820. The van der Waals surface area contributed by atoms with E-state index >= 15 is 0 Å². The first-order valence-electron chi connectivity index (χ1n) is 9.84. The molecule has 0 aliphatic carbocycles. The van der Waals surface area contributed by atoms with Gasteiger partial charge in [-0.05, 0) is 55.3 Å². The fourth-order valence-electron chi connectivity index (χ4n) is 3.31. The zero-order chi connectivity index (χ0) is 19.3. The first kappa shape index (κ1) is 23.5. The van der Waals surface area contributed by atoms with Gasteiger partial charge in [0, 0.05) is 0 Å². The molecule has 2 heteroatoms. The standard InChI is InChI=1S/C22H44O2/c1-16(2)12-14-18(15-13-17(3)4)24-19(23)22(11,20(5,6)7)21(8,9)10/h16-18H,12-15H2,1-11H3. The van der Waals surface area contributed by atoms with Gasteiger partial charge >= 0.3 is 5.97 Å². The van der Waals surface area contributed by atoms with Crippen molar-refractivity contribution in [2.45, 2.75) is 108 Å². The molecule has 0 saturated heterocycles. The van der Waals surface area contributed by atoms with Gasteiger partial charge in [0.25, 0.3) is 0 Å². The van der Waals surface area contributed by atoms with Crippen molar-refractivity contribution in [2.75, 3.05) is 0 Å². The molecule has 0 aromatic rings. The molecule has 0 aromatic carbocycles. The van der Waals surface area contributed by atoms with Crippen molar-refractivity contribution in [1.29, 1.82) is 0 Å². The molecule has 24 heavy (non-hydrogen) atoms. The first-order chi connectivity index (χ1) is 10.6. The highest BCUT2D eigenvalue weighted by Crippen LogP contribution is 2.52. The molecule has 0 rings (SSSR count). The van der Waals surface area contributed by atoms with Crippen molar-refractivity contribution in [3.8, 4) is 0 Å². The second kappa shape index (κ2) is 8.72. The summed E-state index contributed by atoms with van der Waals surface area (Å²) in [6, 6.07) is 0. The Balaban J connectivity index is 5.30. The lowest BCUT2D eigenvalue weighted by molar-refractivity contribution is -0.179. The average molecular weight is 341 g/mol. The zero-order valence-electron chi connectivity index (χ0n) is 18.4. The Labute approximate surface area is 152 Å². The number of hydrogen-bond donors (Lipinski definition) is 0. The molecule has 0 unspecified atom stereocenters. The molecule has 144 valence electrons. The molecular formula is C22H44O2. The molecule has 0 N–H and O–H groups in total. The summed E-state index contributed by atoms with van der Waals surface area (Å²) >= 11 is 0. The van der Waals surface area contributed by atoms with Crippen LogP contribution in [0, 0.1) is 28.1 Å². The number of esters is 1. The van der Waals surface area contributed by atoms with E-state index in [9.17, 15) is 4.79 Å². The van der Waals surface area contributed by atoms with Crippen LogP contribution >= 0.6 is 0 Å². The molecule has 0 amide bonds. The molecule has 0 spiro atoms. The maximum atomic E-state index is 13.2. The second-order valence-electron chi connectivity index (χ2n) is 10.6. The van der Waals surface area contributed by atoms with E-state index in [4.69, 9.17) is 4.74 Å². The minimum atomic E-state index is -0.520. The monoisotopic (exact) mass is 340 g/mol. The van der Waals surface area contributed by atoms with Crippen LogP contribution in [-0.2, 0) is 9.53 Å². The van der Waals surface area contributed by atoms with Crippen molar-refractivity contribution in [1.82, 2.24) is 0 Å². The highest BCUT2D eigenvalue weighted by atomic mass is 16.5. The van der Waals surface area contributed by atoms with Crippen LogP contribution < -0.4 is 0 Å². The molecule has 0 aliphatic rings. The fourth-order valence-corrected chi connectivity index (χ4v) is 3.31. The number of carbonyl (C=O) groups excluding carboxylic acids is 1. The van der Waals surface area contributed by atoms with Crippen LogP contribution in [0.15, 0.2) is 0 Å². The van der Waals surface area contributed by atoms with Gasteiger partial charge in [0.1, 0.15) is 6.10 Å². The van der Waals surface area contributed by atoms with E-state index in [2.05, 4.69) is 76.2 Å². The predicted octanol–water partition coefficient (Wildman–Crippen LogP) is 6.87. The van der Waals surface area contributed by atoms with E-state index in [1.54, 1.807) is 0 Å². The molecule has 0 aliphatic heterocycles. The number of carbonyl (C=O) groups is 1. The summed E-state index contributed by atoms with van der Waals surface area (Å²) in [5, 5.41) is 0. The van der Waals surface area contributed by atoms with Gasteiger partial charge in [-0.15, -0.1) is 0 Å². The Morgan fingerprint density at radius 3 is 1.29 bits per heavy atom. The van der Waals surface area contributed by atoms with E-state index in [1.165, 1.54) is 0 Å². The maximum absolute atomic E-state index is 13.2. The van der Waals surface area contributed by atoms with Crippen LogP contribution in [0.5, 0.6) is 0 Å². The zero-order valence-corrected chi connectivity index (χ0v) is 18.4. The largest absolute Gasteiger partial charge is 0.462 e. The van der Waals surface area contributed by atoms with E-state index in [-0.39, 0.29) is 22.9 Å². The summed E-state index contributed by atoms with van der Waals surface area (Å²) in [6.45, 7) is 23.9. The van der Waals surface area contributed by atoms with Crippen LogP contribution in [0.2, 0.25) is 0 Å². The van der Waals surface area contributed by atoms with Crippen LogP contribution in [-0.4, -0.2) is 12.1 Å². The van der Waals surface area contributed by atoms with Crippen LogP contribution in [0.4, 0.5) is 0 Å². The van der Waals surface area contributed by atoms with Gasteiger partial charge in [-0.3, -0.25) is 4.79 Å². The topological polar surface area (TPSA) is 26.3 Å². The third kappa shape index (κ3) is 6.41. The van der Waals surface area contributed by atoms with E-state index in [0.29, 0.717) is 11.8 Å². The molecule has 0 fully saturated rings. The van der Waals surface area contributed by atoms with E-state index in [0.717, 1.165) is 25.7 Å². The van der Waals surface area contributed by atoms with Gasteiger partial charge in [-0.2, -0.15) is 0 Å². The average Bonchev–Trinajstić information content (AvgIpc) is 2.37. The van der Waals surface area contributed by atoms with Crippen molar-refractivity contribution >= 4 is 5.97 Å². The second-order valence-corrected chi connectivity index (χ2v) is 10.6. The van der Waals surface area contributed by atoms with Crippen LogP contribution in [0.25, 0.3) is 0 Å². The molecule has 0 saturated carbocycles. The normalized spacial score (nSPS) is 13.9. The van der Waals surface area contributed by atoms with Crippen molar-refractivity contribution < 1.29 is 9.53 Å². The number of rotatable bonds is 8. The smallest absolute Gasteiger partial charge is 0.313 e. The third-order valence-electron chi connectivity index (χ3n) is 5.81. The van der Waals surface area contributed by atoms with Crippen LogP contribution in [0.3, 0.4) is 0 Å². The molecule has 0 atom stereocenters. The Kier molecular flexibility index (Phi) is 8.52.